The SMILES string of the molecule is CCC(O)CCCNC/C=C/c1ccco1. The van der Waals surface area contributed by atoms with E-state index < -0.39 is 0 Å². The van der Waals surface area contributed by atoms with Crippen LogP contribution in [0.5, 0.6) is 0 Å². The van der Waals surface area contributed by atoms with Crippen molar-refractivity contribution in [2.75, 3.05) is 13.1 Å². The molecule has 0 saturated heterocycles. The van der Waals surface area contributed by atoms with Crippen LogP contribution in [0.2, 0.25) is 0 Å². The lowest BCUT2D eigenvalue weighted by atomic mass is 10.1. The highest BCUT2D eigenvalue weighted by atomic mass is 16.3. The van der Waals surface area contributed by atoms with E-state index in [1.54, 1.807) is 6.26 Å². The molecule has 0 aliphatic carbocycles. The van der Waals surface area contributed by atoms with Crippen LogP contribution in [0.4, 0.5) is 0 Å². The van der Waals surface area contributed by atoms with Crippen LogP contribution in [0.3, 0.4) is 0 Å². The van der Waals surface area contributed by atoms with E-state index >= 15 is 0 Å². The number of aliphatic hydroxyl groups excluding tert-OH is 1. The number of nitrogens with one attached hydrogen (secondary N) is 1. The molecule has 1 heterocycles. The van der Waals surface area contributed by atoms with Crippen LogP contribution in [-0.4, -0.2) is 24.3 Å². The van der Waals surface area contributed by atoms with Crippen molar-refractivity contribution < 1.29 is 9.52 Å². The van der Waals surface area contributed by atoms with Gasteiger partial charge in [0.25, 0.3) is 0 Å². The molecule has 0 saturated carbocycles. The summed E-state index contributed by atoms with van der Waals surface area (Å²) in [5, 5.41) is 12.6. The molecule has 1 rings (SSSR count). The van der Waals surface area contributed by atoms with Gasteiger partial charge in [0.15, 0.2) is 0 Å². The Kier molecular flexibility index (Phi) is 6.61. The van der Waals surface area contributed by atoms with Gasteiger partial charge in [0, 0.05) is 6.54 Å². The molecule has 1 atom stereocenters. The van der Waals surface area contributed by atoms with Crippen molar-refractivity contribution in [1.82, 2.24) is 5.32 Å². The van der Waals surface area contributed by atoms with Crippen molar-refractivity contribution >= 4 is 6.08 Å². The standard InChI is InChI=1S/C13H21NO2/c1-2-12(15)6-3-9-14-10-4-7-13-8-5-11-16-13/h4-5,7-8,11-12,14-15H,2-3,6,9-10H2,1H3/b7-4+. The molecule has 0 amide bonds. The molecule has 2 N–H and O–H groups in total. The maximum Gasteiger partial charge on any atom is 0.126 e. The van der Waals surface area contributed by atoms with E-state index in [1.807, 2.05) is 31.2 Å². The molecule has 3 heteroatoms. The van der Waals surface area contributed by atoms with E-state index in [2.05, 4.69) is 5.32 Å². The average Bonchev–Trinajstić information content (AvgIpc) is 2.80. The van der Waals surface area contributed by atoms with Gasteiger partial charge in [0.05, 0.1) is 12.4 Å². The number of furan rings is 1. The van der Waals surface area contributed by atoms with Gasteiger partial charge in [0.1, 0.15) is 5.76 Å². The zero-order valence-corrected chi connectivity index (χ0v) is 9.86. The third-order valence-electron chi connectivity index (χ3n) is 2.45. The molecule has 16 heavy (non-hydrogen) atoms. The lowest BCUT2D eigenvalue weighted by Gasteiger charge is -2.06. The maximum absolute atomic E-state index is 9.33. The number of aliphatic hydroxyl groups is 1. The lowest BCUT2D eigenvalue weighted by Crippen LogP contribution is -2.17. The molecule has 3 nitrogen and oxygen atoms in total. The Morgan fingerprint density at radius 2 is 2.44 bits per heavy atom. The highest BCUT2D eigenvalue weighted by Gasteiger charge is 1.98. The molecule has 1 unspecified atom stereocenters. The zero-order chi connectivity index (χ0) is 11.6. The molecule has 0 fully saturated rings. The topological polar surface area (TPSA) is 45.4 Å². The largest absolute Gasteiger partial charge is 0.465 e. The van der Waals surface area contributed by atoms with E-state index in [1.165, 1.54) is 0 Å². The van der Waals surface area contributed by atoms with Crippen molar-refractivity contribution in [2.24, 2.45) is 0 Å². The fourth-order valence-electron chi connectivity index (χ4n) is 1.41. The van der Waals surface area contributed by atoms with Gasteiger partial charge in [0.2, 0.25) is 0 Å². The van der Waals surface area contributed by atoms with Gasteiger partial charge in [-0.3, -0.25) is 0 Å². The molecule has 0 spiro atoms. The van der Waals surface area contributed by atoms with Gasteiger partial charge < -0.3 is 14.8 Å². The molecule has 0 radical (unpaired) electrons. The summed E-state index contributed by atoms with van der Waals surface area (Å²) in [5.41, 5.74) is 0. The van der Waals surface area contributed by atoms with Gasteiger partial charge >= 0.3 is 0 Å². The van der Waals surface area contributed by atoms with Crippen molar-refractivity contribution in [1.29, 1.82) is 0 Å². The van der Waals surface area contributed by atoms with Crippen LogP contribution >= 0.6 is 0 Å². The Labute approximate surface area is 97.2 Å². The summed E-state index contributed by atoms with van der Waals surface area (Å²) in [7, 11) is 0. The van der Waals surface area contributed by atoms with Crippen LogP contribution in [0, 0.1) is 0 Å². The van der Waals surface area contributed by atoms with Crippen LogP contribution < -0.4 is 5.32 Å². The summed E-state index contributed by atoms with van der Waals surface area (Å²) in [6.07, 6.45) is 8.26. The van der Waals surface area contributed by atoms with Crippen LogP contribution in [0.1, 0.15) is 31.9 Å². The Morgan fingerprint density at radius 3 is 3.12 bits per heavy atom. The summed E-state index contributed by atoms with van der Waals surface area (Å²) in [5.74, 6) is 0.878. The summed E-state index contributed by atoms with van der Waals surface area (Å²) >= 11 is 0. The zero-order valence-electron chi connectivity index (χ0n) is 9.86. The van der Waals surface area contributed by atoms with Crippen molar-refractivity contribution in [2.45, 2.75) is 32.3 Å². The Morgan fingerprint density at radius 1 is 1.56 bits per heavy atom. The molecular weight excluding hydrogens is 202 g/mol. The van der Waals surface area contributed by atoms with Crippen LogP contribution in [-0.2, 0) is 0 Å². The minimum atomic E-state index is -0.138. The summed E-state index contributed by atoms with van der Waals surface area (Å²) < 4.78 is 5.16. The highest BCUT2D eigenvalue weighted by Crippen LogP contribution is 2.01. The van der Waals surface area contributed by atoms with E-state index in [0.717, 1.165) is 38.1 Å². The summed E-state index contributed by atoms with van der Waals surface area (Å²) in [6.45, 7) is 3.78. The quantitative estimate of drug-likeness (QED) is 0.665. The second-order valence-electron chi connectivity index (χ2n) is 3.83. The first kappa shape index (κ1) is 13.0. The second-order valence-corrected chi connectivity index (χ2v) is 3.83. The van der Waals surface area contributed by atoms with Crippen molar-refractivity contribution in [3.63, 3.8) is 0 Å². The maximum atomic E-state index is 9.33. The van der Waals surface area contributed by atoms with E-state index in [4.69, 9.17) is 4.42 Å². The Balaban J connectivity index is 1.96. The van der Waals surface area contributed by atoms with Crippen LogP contribution in [0.15, 0.2) is 28.9 Å². The number of hydrogen-bond acceptors (Lipinski definition) is 3. The van der Waals surface area contributed by atoms with E-state index in [-0.39, 0.29) is 6.10 Å². The molecule has 0 aliphatic heterocycles. The molecule has 1 aromatic rings. The first-order valence-corrected chi connectivity index (χ1v) is 5.91. The van der Waals surface area contributed by atoms with Gasteiger partial charge in [-0.2, -0.15) is 0 Å². The van der Waals surface area contributed by atoms with E-state index in [0.29, 0.717) is 0 Å². The van der Waals surface area contributed by atoms with Gasteiger partial charge in [-0.25, -0.2) is 0 Å². The first-order chi connectivity index (χ1) is 7.83. The van der Waals surface area contributed by atoms with Crippen LogP contribution in [0.25, 0.3) is 6.08 Å². The summed E-state index contributed by atoms with van der Waals surface area (Å²) in [6, 6.07) is 3.80. The smallest absolute Gasteiger partial charge is 0.126 e. The van der Waals surface area contributed by atoms with Crippen molar-refractivity contribution in [3.8, 4) is 0 Å². The first-order valence-electron chi connectivity index (χ1n) is 5.91. The third kappa shape index (κ3) is 5.73. The van der Waals surface area contributed by atoms with Crippen molar-refractivity contribution in [3.05, 3.63) is 30.2 Å². The minimum Gasteiger partial charge on any atom is -0.465 e. The fourth-order valence-corrected chi connectivity index (χ4v) is 1.41. The molecule has 1 aromatic heterocycles. The third-order valence-corrected chi connectivity index (χ3v) is 2.45. The predicted molar refractivity (Wildman–Crippen MR) is 66.1 cm³/mol. The molecule has 0 aliphatic rings. The predicted octanol–water partition coefficient (Wildman–Crippen LogP) is 2.43. The average molecular weight is 223 g/mol. The second kappa shape index (κ2) is 8.13. The Hall–Kier alpha value is -1.06. The monoisotopic (exact) mass is 223 g/mol. The van der Waals surface area contributed by atoms with Gasteiger partial charge in [-0.1, -0.05) is 13.0 Å². The fraction of sp³-hybridized carbons (Fsp3) is 0.538. The van der Waals surface area contributed by atoms with Gasteiger partial charge in [-0.05, 0) is 44.0 Å². The number of rotatable bonds is 8. The molecule has 90 valence electrons. The minimum absolute atomic E-state index is 0.138. The number of hydrogen-bond donors (Lipinski definition) is 2. The normalized spacial score (nSPS) is 13.4. The van der Waals surface area contributed by atoms with Gasteiger partial charge in [-0.15, -0.1) is 0 Å². The lowest BCUT2D eigenvalue weighted by molar-refractivity contribution is 0.157. The van der Waals surface area contributed by atoms with E-state index in [9.17, 15) is 5.11 Å². The highest BCUT2D eigenvalue weighted by molar-refractivity contribution is 5.42. The molecule has 0 bridgehead atoms. The Bertz CT molecular complexity index is 280. The summed E-state index contributed by atoms with van der Waals surface area (Å²) in [4.78, 5) is 0. The molecular formula is C13H21NO2. The molecule has 0 aromatic carbocycles.